The van der Waals surface area contributed by atoms with Crippen LogP contribution < -0.4 is 5.73 Å². The predicted octanol–water partition coefficient (Wildman–Crippen LogP) is 0.854. The summed E-state index contributed by atoms with van der Waals surface area (Å²) in [5, 5.41) is 8.59. The molecule has 0 fully saturated rings. The van der Waals surface area contributed by atoms with Gasteiger partial charge in [0.05, 0.1) is 5.69 Å². The zero-order valence-corrected chi connectivity index (χ0v) is 6.98. The highest BCUT2D eigenvalue weighted by Crippen LogP contribution is 2.11. The number of aromatic nitrogens is 1. The van der Waals surface area contributed by atoms with Gasteiger partial charge in [0, 0.05) is 18.8 Å². The van der Waals surface area contributed by atoms with Crippen LogP contribution in [0.5, 0.6) is 0 Å². The number of hydrogen-bond acceptors (Lipinski definition) is 3. The minimum absolute atomic E-state index is 0.0432. The summed E-state index contributed by atoms with van der Waals surface area (Å²) >= 11 is 0. The second kappa shape index (κ2) is 4.85. The van der Waals surface area contributed by atoms with E-state index in [9.17, 15) is 0 Å². The van der Waals surface area contributed by atoms with Gasteiger partial charge in [-0.3, -0.25) is 4.98 Å². The molecule has 0 aliphatic rings. The molecule has 1 unspecified atom stereocenters. The summed E-state index contributed by atoms with van der Waals surface area (Å²) in [5.74, 6) is 0. The zero-order valence-electron chi connectivity index (χ0n) is 6.98. The Hall–Kier alpha value is -0.930. The van der Waals surface area contributed by atoms with Crippen LogP contribution >= 0.6 is 0 Å². The van der Waals surface area contributed by atoms with Crippen LogP contribution in [0.4, 0.5) is 0 Å². The lowest BCUT2D eigenvalue weighted by Crippen LogP contribution is -2.12. The van der Waals surface area contributed by atoms with Gasteiger partial charge in [-0.2, -0.15) is 0 Å². The molecule has 1 aromatic rings. The molecular weight excluding hydrogens is 152 g/mol. The van der Waals surface area contributed by atoms with Gasteiger partial charge in [-0.1, -0.05) is 6.07 Å². The topological polar surface area (TPSA) is 59.1 Å². The van der Waals surface area contributed by atoms with Gasteiger partial charge in [-0.05, 0) is 25.0 Å². The third kappa shape index (κ3) is 2.60. The first-order chi connectivity index (χ1) is 5.84. The molecule has 1 heterocycles. The fourth-order valence-electron chi connectivity index (χ4n) is 1.05. The predicted molar refractivity (Wildman–Crippen MR) is 47.5 cm³/mol. The van der Waals surface area contributed by atoms with E-state index in [-0.39, 0.29) is 12.6 Å². The SMILES string of the molecule is NC(CCCO)c1ccccn1. The van der Waals surface area contributed by atoms with Crippen molar-refractivity contribution in [1.29, 1.82) is 0 Å². The fourth-order valence-corrected chi connectivity index (χ4v) is 1.05. The molecule has 0 saturated carbocycles. The Morgan fingerprint density at radius 3 is 2.92 bits per heavy atom. The van der Waals surface area contributed by atoms with Crippen LogP contribution in [0, 0.1) is 0 Å². The quantitative estimate of drug-likeness (QED) is 0.697. The van der Waals surface area contributed by atoms with Gasteiger partial charge in [0.15, 0.2) is 0 Å². The van der Waals surface area contributed by atoms with E-state index >= 15 is 0 Å². The number of aliphatic hydroxyl groups is 1. The van der Waals surface area contributed by atoms with Gasteiger partial charge in [-0.25, -0.2) is 0 Å². The van der Waals surface area contributed by atoms with Crippen LogP contribution in [-0.2, 0) is 0 Å². The summed E-state index contributed by atoms with van der Waals surface area (Å²) < 4.78 is 0. The van der Waals surface area contributed by atoms with Crippen LogP contribution in [0.15, 0.2) is 24.4 Å². The average Bonchev–Trinajstić information content (AvgIpc) is 2.15. The number of aliphatic hydroxyl groups excluding tert-OH is 1. The van der Waals surface area contributed by atoms with Crippen molar-refractivity contribution in [2.75, 3.05) is 6.61 Å². The Balaban J connectivity index is 2.48. The van der Waals surface area contributed by atoms with E-state index in [0.717, 1.165) is 18.5 Å². The van der Waals surface area contributed by atoms with Gasteiger partial charge >= 0.3 is 0 Å². The van der Waals surface area contributed by atoms with E-state index < -0.39 is 0 Å². The number of hydrogen-bond donors (Lipinski definition) is 2. The minimum atomic E-state index is -0.0432. The van der Waals surface area contributed by atoms with Gasteiger partial charge in [0.2, 0.25) is 0 Å². The average molecular weight is 166 g/mol. The maximum absolute atomic E-state index is 8.59. The van der Waals surface area contributed by atoms with Crippen LogP contribution in [0.3, 0.4) is 0 Å². The normalized spacial score (nSPS) is 12.8. The Morgan fingerprint density at radius 1 is 1.50 bits per heavy atom. The largest absolute Gasteiger partial charge is 0.396 e. The summed E-state index contributed by atoms with van der Waals surface area (Å²) in [6.45, 7) is 0.195. The number of rotatable bonds is 4. The molecule has 1 atom stereocenters. The third-order valence-corrected chi connectivity index (χ3v) is 1.74. The van der Waals surface area contributed by atoms with Crippen molar-refractivity contribution >= 4 is 0 Å². The van der Waals surface area contributed by atoms with Crippen molar-refractivity contribution < 1.29 is 5.11 Å². The standard InChI is InChI=1S/C9H14N2O/c10-8(4-3-7-12)9-5-1-2-6-11-9/h1-2,5-6,8,12H,3-4,7,10H2. The van der Waals surface area contributed by atoms with Crippen LogP contribution in [-0.4, -0.2) is 16.7 Å². The molecule has 66 valence electrons. The number of nitrogens with zero attached hydrogens (tertiary/aromatic N) is 1. The Bertz CT molecular complexity index is 213. The van der Waals surface area contributed by atoms with Crippen LogP contribution in [0.1, 0.15) is 24.6 Å². The minimum Gasteiger partial charge on any atom is -0.396 e. The molecule has 0 aliphatic heterocycles. The first-order valence-electron chi connectivity index (χ1n) is 4.12. The van der Waals surface area contributed by atoms with E-state index in [4.69, 9.17) is 10.8 Å². The summed E-state index contributed by atoms with van der Waals surface area (Å²) in [6.07, 6.45) is 3.25. The molecule has 0 bridgehead atoms. The highest BCUT2D eigenvalue weighted by atomic mass is 16.2. The van der Waals surface area contributed by atoms with E-state index in [1.165, 1.54) is 0 Å². The van der Waals surface area contributed by atoms with E-state index in [1.807, 2.05) is 18.2 Å². The molecule has 0 radical (unpaired) electrons. The van der Waals surface area contributed by atoms with Crippen LogP contribution in [0.25, 0.3) is 0 Å². The van der Waals surface area contributed by atoms with Crippen molar-refractivity contribution in [2.45, 2.75) is 18.9 Å². The molecule has 3 N–H and O–H groups in total. The number of nitrogens with two attached hydrogens (primary N) is 1. The smallest absolute Gasteiger partial charge is 0.0570 e. The summed E-state index contributed by atoms with van der Waals surface area (Å²) in [4.78, 5) is 4.12. The Kier molecular flexibility index (Phi) is 3.70. The summed E-state index contributed by atoms with van der Waals surface area (Å²) in [5.41, 5.74) is 6.70. The molecule has 1 rings (SSSR count). The second-order valence-electron chi connectivity index (χ2n) is 2.73. The lowest BCUT2D eigenvalue weighted by Gasteiger charge is -2.08. The molecule has 0 aliphatic carbocycles. The van der Waals surface area contributed by atoms with E-state index in [1.54, 1.807) is 6.20 Å². The molecule has 0 spiro atoms. The molecule has 1 aromatic heterocycles. The molecule has 3 heteroatoms. The maximum Gasteiger partial charge on any atom is 0.0570 e. The first kappa shape index (κ1) is 9.16. The summed E-state index contributed by atoms with van der Waals surface area (Å²) in [7, 11) is 0. The lowest BCUT2D eigenvalue weighted by atomic mass is 10.1. The molecule has 0 amide bonds. The van der Waals surface area contributed by atoms with Crippen molar-refractivity contribution in [2.24, 2.45) is 5.73 Å². The summed E-state index contributed by atoms with van der Waals surface area (Å²) in [6, 6.07) is 5.64. The Labute approximate surface area is 72.2 Å². The van der Waals surface area contributed by atoms with Crippen molar-refractivity contribution in [3.8, 4) is 0 Å². The molecular formula is C9H14N2O. The lowest BCUT2D eigenvalue weighted by molar-refractivity contribution is 0.279. The Morgan fingerprint density at radius 2 is 2.33 bits per heavy atom. The highest BCUT2D eigenvalue weighted by molar-refractivity contribution is 5.07. The zero-order chi connectivity index (χ0) is 8.81. The van der Waals surface area contributed by atoms with Crippen molar-refractivity contribution in [3.63, 3.8) is 0 Å². The van der Waals surface area contributed by atoms with Gasteiger partial charge in [0.25, 0.3) is 0 Å². The molecule has 3 nitrogen and oxygen atoms in total. The van der Waals surface area contributed by atoms with Crippen molar-refractivity contribution in [3.05, 3.63) is 30.1 Å². The second-order valence-corrected chi connectivity index (χ2v) is 2.73. The van der Waals surface area contributed by atoms with Gasteiger partial charge < -0.3 is 10.8 Å². The van der Waals surface area contributed by atoms with Crippen molar-refractivity contribution in [1.82, 2.24) is 4.98 Å². The third-order valence-electron chi connectivity index (χ3n) is 1.74. The van der Waals surface area contributed by atoms with Gasteiger partial charge in [0.1, 0.15) is 0 Å². The molecule has 0 aromatic carbocycles. The molecule has 0 saturated heterocycles. The first-order valence-corrected chi connectivity index (χ1v) is 4.12. The molecule has 12 heavy (non-hydrogen) atoms. The monoisotopic (exact) mass is 166 g/mol. The van der Waals surface area contributed by atoms with Crippen LogP contribution in [0.2, 0.25) is 0 Å². The van der Waals surface area contributed by atoms with E-state index in [0.29, 0.717) is 0 Å². The number of pyridine rings is 1. The maximum atomic E-state index is 8.59. The highest BCUT2D eigenvalue weighted by Gasteiger charge is 2.04. The van der Waals surface area contributed by atoms with Gasteiger partial charge in [-0.15, -0.1) is 0 Å². The van der Waals surface area contributed by atoms with E-state index in [2.05, 4.69) is 4.98 Å². The fraction of sp³-hybridized carbons (Fsp3) is 0.444.